The summed E-state index contributed by atoms with van der Waals surface area (Å²) in [6.07, 6.45) is 1.86. The second kappa shape index (κ2) is 12.4. The number of aryl methyl sites for hydroxylation is 2. The van der Waals surface area contributed by atoms with E-state index in [1.54, 1.807) is 0 Å². The van der Waals surface area contributed by atoms with Crippen molar-refractivity contribution in [1.82, 2.24) is 9.55 Å². The van der Waals surface area contributed by atoms with Crippen molar-refractivity contribution in [3.8, 4) is 17.2 Å². The minimum atomic E-state index is -0.229. The van der Waals surface area contributed by atoms with Crippen LogP contribution in [0.1, 0.15) is 58.7 Å². The molecule has 0 unspecified atom stereocenters. The normalized spacial score (nSPS) is 15.8. The topological polar surface area (TPSA) is 48.6 Å². The molecule has 2 aliphatic rings. The number of ether oxygens (including phenoxy) is 2. The van der Waals surface area contributed by atoms with Crippen LogP contribution in [0.3, 0.4) is 0 Å². The first kappa shape index (κ1) is 32.2. The summed E-state index contributed by atoms with van der Waals surface area (Å²) in [5.41, 5.74) is 10.6. The average Bonchev–Trinajstić information content (AvgIpc) is 3.73. The van der Waals surface area contributed by atoms with Crippen molar-refractivity contribution >= 4 is 27.8 Å². The van der Waals surface area contributed by atoms with Crippen LogP contribution in [-0.2, 0) is 31.2 Å². The van der Waals surface area contributed by atoms with E-state index in [0.29, 0.717) is 24.0 Å². The predicted octanol–water partition coefficient (Wildman–Crippen LogP) is 9.80. The predicted molar refractivity (Wildman–Crippen MR) is 195 cm³/mol. The summed E-state index contributed by atoms with van der Waals surface area (Å²) in [6, 6.07) is 45.3. The third-order valence-corrected chi connectivity index (χ3v) is 10.1. The van der Waals surface area contributed by atoms with E-state index in [1.807, 2.05) is 30.5 Å². The average molecular weight is 833 g/mol. The van der Waals surface area contributed by atoms with E-state index in [1.165, 1.54) is 33.2 Å². The molecule has 5 aromatic carbocycles. The molecular weight excluding hydrogens is 798 g/mol. The third-order valence-electron chi connectivity index (χ3n) is 10.1. The summed E-state index contributed by atoms with van der Waals surface area (Å²) in [6.45, 7) is 9.22. The van der Waals surface area contributed by atoms with Crippen LogP contribution in [0.25, 0.3) is 27.6 Å². The fourth-order valence-corrected chi connectivity index (χ4v) is 7.77. The summed E-state index contributed by atoms with van der Waals surface area (Å²) >= 11 is 0. The van der Waals surface area contributed by atoms with Gasteiger partial charge in [0, 0.05) is 34.4 Å². The molecule has 0 amide bonds. The van der Waals surface area contributed by atoms with Gasteiger partial charge >= 0.3 is 21.1 Å². The number of hydrogen-bond acceptors (Lipinski definition) is 4. The molecule has 0 aliphatic carbocycles. The van der Waals surface area contributed by atoms with E-state index >= 15 is 0 Å². The van der Waals surface area contributed by atoms with Crippen molar-refractivity contribution in [2.75, 3.05) is 6.61 Å². The van der Waals surface area contributed by atoms with Gasteiger partial charge in [0.15, 0.2) is 0 Å². The van der Waals surface area contributed by atoms with Crippen molar-refractivity contribution in [3.05, 3.63) is 166 Å². The van der Waals surface area contributed by atoms with Crippen molar-refractivity contribution in [2.45, 2.75) is 45.1 Å². The Hall–Kier alpha value is -4.99. The van der Waals surface area contributed by atoms with Crippen LogP contribution in [0, 0.1) is 26.0 Å². The van der Waals surface area contributed by atoms with Gasteiger partial charge in [-0.05, 0) is 34.2 Å². The third kappa shape index (κ3) is 5.18. The summed E-state index contributed by atoms with van der Waals surface area (Å²) in [4.78, 5) is 9.99. The van der Waals surface area contributed by atoms with E-state index < -0.39 is 0 Å². The zero-order valence-electron chi connectivity index (χ0n) is 28.3. The van der Waals surface area contributed by atoms with Gasteiger partial charge in [-0.3, -0.25) is 4.99 Å². The smallest absolute Gasteiger partial charge is 0.518 e. The number of fused-ring (bicyclic) bond motifs is 5. The molecule has 0 bridgehead atoms. The van der Waals surface area contributed by atoms with Gasteiger partial charge in [-0.2, -0.15) is 6.07 Å². The van der Waals surface area contributed by atoms with E-state index in [-0.39, 0.29) is 38.4 Å². The maximum Gasteiger partial charge on any atom is 2.00 e. The molecule has 0 saturated carbocycles. The van der Waals surface area contributed by atoms with Crippen molar-refractivity contribution in [3.63, 3.8) is 0 Å². The molecule has 0 radical (unpaired) electrons. The number of rotatable bonds is 6. The molecule has 0 N–H and O–H groups in total. The van der Waals surface area contributed by atoms with Crippen LogP contribution in [0.5, 0.6) is 11.5 Å². The Bertz CT molecular complexity index is 2390. The van der Waals surface area contributed by atoms with Gasteiger partial charge in [0.2, 0.25) is 0 Å². The van der Waals surface area contributed by atoms with Gasteiger partial charge in [0.25, 0.3) is 0 Å². The largest absolute Gasteiger partial charge is 2.00 e. The van der Waals surface area contributed by atoms with Crippen LogP contribution in [0.4, 0.5) is 0 Å². The molecular formula is C44H35N3O2Pt. The number of benzene rings is 5. The first-order valence-corrected chi connectivity index (χ1v) is 16.9. The number of hydrogen-bond donors (Lipinski definition) is 0. The monoisotopic (exact) mass is 832 g/mol. The molecule has 9 rings (SSSR count). The molecule has 6 heteroatoms. The zero-order chi connectivity index (χ0) is 33.3. The van der Waals surface area contributed by atoms with E-state index in [2.05, 4.69) is 129 Å². The molecule has 248 valence electrons. The summed E-state index contributed by atoms with van der Waals surface area (Å²) in [7, 11) is 0. The van der Waals surface area contributed by atoms with Crippen LogP contribution in [-0.4, -0.2) is 28.1 Å². The van der Waals surface area contributed by atoms with Gasteiger partial charge in [0.1, 0.15) is 11.5 Å². The molecule has 0 saturated heterocycles. The van der Waals surface area contributed by atoms with E-state index in [0.717, 1.165) is 33.4 Å². The quantitative estimate of drug-likeness (QED) is 0.157. The molecule has 0 fully saturated rings. The molecule has 0 spiro atoms. The van der Waals surface area contributed by atoms with Gasteiger partial charge < -0.3 is 14.0 Å². The Morgan fingerprint density at radius 2 is 1.54 bits per heavy atom. The van der Waals surface area contributed by atoms with Crippen molar-refractivity contribution in [2.24, 2.45) is 4.99 Å². The first-order valence-electron chi connectivity index (χ1n) is 16.9. The number of aromatic nitrogens is 2. The Labute approximate surface area is 306 Å². The first-order chi connectivity index (χ1) is 23.9. The van der Waals surface area contributed by atoms with Crippen LogP contribution >= 0.6 is 0 Å². The minimum Gasteiger partial charge on any atom is -0.518 e. The zero-order valence-corrected chi connectivity index (χ0v) is 30.6. The Morgan fingerprint density at radius 1 is 0.820 bits per heavy atom. The number of aliphatic imine (C=N–C) groups is 1. The van der Waals surface area contributed by atoms with Gasteiger partial charge in [0.05, 0.1) is 18.2 Å². The summed E-state index contributed by atoms with van der Waals surface area (Å²) < 4.78 is 15.2. The molecule has 50 heavy (non-hydrogen) atoms. The van der Waals surface area contributed by atoms with Crippen molar-refractivity contribution in [1.29, 1.82) is 0 Å². The fraction of sp³-hybridized carbons (Fsp3) is 0.182. The molecule has 2 aliphatic heterocycles. The fourth-order valence-electron chi connectivity index (χ4n) is 7.77. The second-order valence-corrected chi connectivity index (χ2v) is 13.7. The maximum absolute atomic E-state index is 6.65. The van der Waals surface area contributed by atoms with Gasteiger partial charge in [-0.15, -0.1) is 28.8 Å². The Morgan fingerprint density at radius 3 is 2.28 bits per heavy atom. The summed E-state index contributed by atoms with van der Waals surface area (Å²) in [5, 5.41) is 2.33. The van der Waals surface area contributed by atoms with Crippen LogP contribution < -0.4 is 4.74 Å². The molecule has 5 nitrogen and oxygen atoms in total. The Kier molecular flexibility index (Phi) is 8.00. The minimum absolute atomic E-state index is 0. The van der Waals surface area contributed by atoms with Gasteiger partial charge in [-0.1, -0.05) is 130 Å². The number of para-hydroxylation sites is 1. The van der Waals surface area contributed by atoms with Gasteiger partial charge in [-0.25, -0.2) is 4.98 Å². The second-order valence-electron chi connectivity index (χ2n) is 13.7. The van der Waals surface area contributed by atoms with E-state index in [4.69, 9.17) is 19.5 Å². The van der Waals surface area contributed by atoms with Crippen LogP contribution in [0.15, 0.2) is 120 Å². The standard InChI is InChI=1S/C44H35N3O2.Pt/c1-27-21-31(43-46-37(26-48-43)40(29-13-7-5-8-14-29)30-15-9-6-10-16-30)24-32(22-27)49-39-25-38-36(23-28(39)2)44(3,4)35-19-11-17-33-34-18-12-20-45-42(34)47(38)41(33)35;/h5-23,37,40H,26H2,1-4H3;/q-2;+2/t37-;/m0./s1. The maximum atomic E-state index is 6.65. The van der Waals surface area contributed by atoms with Crippen molar-refractivity contribution < 1.29 is 30.5 Å². The number of pyridine rings is 1. The summed E-state index contributed by atoms with van der Waals surface area (Å²) in [5.74, 6) is 1.93. The number of nitrogens with zero attached hydrogens (tertiary/aromatic N) is 3. The molecule has 1 atom stereocenters. The molecule has 2 aromatic heterocycles. The van der Waals surface area contributed by atoms with E-state index in [9.17, 15) is 0 Å². The Balaban J connectivity index is 0.00000361. The molecule has 4 heterocycles. The SMILES string of the molecule is Cc1cc(Oc2[c-]c3c(cc2C)C(C)(C)c2cccc4c5cccnc5n-3c24)[c-]c(C2=N[C@H](C(c3ccccc3)c3ccccc3)CO2)c1.[Pt+2]. The van der Waals surface area contributed by atoms with Crippen LogP contribution in [0.2, 0.25) is 0 Å². The molecule has 7 aromatic rings.